The van der Waals surface area contributed by atoms with E-state index in [0.29, 0.717) is 12.2 Å². The lowest BCUT2D eigenvalue weighted by molar-refractivity contribution is -0.0521. The summed E-state index contributed by atoms with van der Waals surface area (Å²) < 4.78 is 46.6. The predicted molar refractivity (Wildman–Crippen MR) is 78.1 cm³/mol. The van der Waals surface area contributed by atoms with Gasteiger partial charge in [0.25, 0.3) is 5.91 Å². The number of carbonyl (C=O) groups excluding carboxylic acids is 1. The number of methoxy groups -OCH3 is 1. The molecule has 0 heterocycles. The van der Waals surface area contributed by atoms with Gasteiger partial charge in [-0.25, -0.2) is 4.39 Å². The first-order valence-corrected chi connectivity index (χ1v) is 6.63. The molecule has 0 unspecified atom stereocenters. The van der Waals surface area contributed by atoms with Crippen LogP contribution in [0.4, 0.5) is 18.9 Å². The molecule has 0 aliphatic rings. The maximum Gasteiger partial charge on any atom is 0.387 e. The summed E-state index contributed by atoms with van der Waals surface area (Å²) >= 11 is 0. The molecule has 4 nitrogen and oxygen atoms in total. The SMILES string of the molecule is COCc1ccc(C(=O)Nc2ccc(OC(F)F)c(F)c2)cc1. The van der Waals surface area contributed by atoms with E-state index >= 15 is 0 Å². The molecule has 1 N–H and O–H groups in total. The first-order chi connectivity index (χ1) is 11.0. The Morgan fingerprint density at radius 2 is 1.87 bits per heavy atom. The van der Waals surface area contributed by atoms with Crippen molar-refractivity contribution in [2.24, 2.45) is 0 Å². The van der Waals surface area contributed by atoms with Crippen molar-refractivity contribution in [3.05, 3.63) is 59.4 Å². The van der Waals surface area contributed by atoms with Crippen LogP contribution in [0.15, 0.2) is 42.5 Å². The number of rotatable bonds is 6. The van der Waals surface area contributed by atoms with E-state index in [-0.39, 0.29) is 5.69 Å². The summed E-state index contributed by atoms with van der Waals surface area (Å²) in [6.07, 6.45) is 0. The summed E-state index contributed by atoms with van der Waals surface area (Å²) in [7, 11) is 1.57. The molecule has 122 valence electrons. The van der Waals surface area contributed by atoms with Crippen LogP contribution in [0.25, 0.3) is 0 Å². The minimum Gasteiger partial charge on any atom is -0.432 e. The van der Waals surface area contributed by atoms with Crippen molar-refractivity contribution in [1.29, 1.82) is 0 Å². The number of nitrogens with one attached hydrogen (secondary N) is 1. The van der Waals surface area contributed by atoms with Gasteiger partial charge in [0.15, 0.2) is 11.6 Å². The molecule has 0 bridgehead atoms. The fourth-order valence-corrected chi connectivity index (χ4v) is 1.89. The molecule has 0 spiro atoms. The number of alkyl halides is 2. The number of hydrogen-bond acceptors (Lipinski definition) is 3. The zero-order valence-corrected chi connectivity index (χ0v) is 12.2. The molecule has 0 aliphatic carbocycles. The van der Waals surface area contributed by atoms with Crippen molar-refractivity contribution in [2.45, 2.75) is 13.2 Å². The van der Waals surface area contributed by atoms with Crippen LogP contribution in [0.3, 0.4) is 0 Å². The van der Waals surface area contributed by atoms with Gasteiger partial charge in [0.05, 0.1) is 6.61 Å². The van der Waals surface area contributed by atoms with E-state index in [4.69, 9.17) is 4.74 Å². The van der Waals surface area contributed by atoms with Gasteiger partial charge in [-0.2, -0.15) is 8.78 Å². The molecule has 2 aromatic carbocycles. The molecule has 0 fully saturated rings. The third-order valence-electron chi connectivity index (χ3n) is 2.93. The Hall–Kier alpha value is -2.54. The third kappa shape index (κ3) is 4.72. The van der Waals surface area contributed by atoms with Gasteiger partial charge in [-0.15, -0.1) is 0 Å². The quantitative estimate of drug-likeness (QED) is 0.878. The van der Waals surface area contributed by atoms with Gasteiger partial charge in [0.1, 0.15) is 0 Å². The summed E-state index contributed by atoms with van der Waals surface area (Å²) in [5.74, 6) is -2.02. The Morgan fingerprint density at radius 1 is 1.17 bits per heavy atom. The van der Waals surface area contributed by atoms with Crippen molar-refractivity contribution >= 4 is 11.6 Å². The van der Waals surface area contributed by atoms with Crippen molar-refractivity contribution in [1.82, 2.24) is 0 Å². The highest BCUT2D eigenvalue weighted by molar-refractivity contribution is 6.04. The van der Waals surface area contributed by atoms with E-state index in [1.54, 1.807) is 31.4 Å². The number of benzene rings is 2. The number of ether oxygens (including phenoxy) is 2. The number of hydrogen-bond donors (Lipinski definition) is 1. The van der Waals surface area contributed by atoms with Gasteiger partial charge in [-0.1, -0.05) is 12.1 Å². The highest BCUT2D eigenvalue weighted by Gasteiger charge is 2.12. The topological polar surface area (TPSA) is 47.6 Å². The zero-order chi connectivity index (χ0) is 16.8. The van der Waals surface area contributed by atoms with E-state index in [1.807, 2.05) is 0 Å². The van der Waals surface area contributed by atoms with Crippen molar-refractivity contribution in [3.63, 3.8) is 0 Å². The first kappa shape index (κ1) is 16.8. The largest absolute Gasteiger partial charge is 0.432 e. The maximum absolute atomic E-state index is 13.6. The van der Waals surface area contributed by atoms with Crippen LogP contribution in [-0.2, 0) is 11.3 Å². The van der Waals surface area contributed by atoms with E-state index in [1.165, 1.54) is 6.07 Å². The molecule has 1 amide bonds. The van der Waals surface area contributed by atoms with Crippen molar-refractivity contribution in [3.8, 4) is 5.75 Å². The number of halogens is 3. The molecule has 0 atom stereocenters. The van der Waals surface area contributed by atoms with E-state index in [2.05, 4.69) is 10.1 Å². The molecule has 2 rings (SSSR count). The molecule has 0 aliphatic heterocycles. The second kappa shape index (κ2) is 7.64. The fourth-order valence-electron chi connectivity index (χ4n) is 1.89. The van der Waals surface area contributed by atoms with Crippen LogP contribution < -0.4 is 10.1 Å². The van der Waals surface area contributed by atoms with Crippen LogP contribution in [0.2, 0.25) is 0 Å². The second-order valence-corrected chi connectivity index (χ2v) is 4.61. The van der Waals surface area contributed by atoms with Crippen LogP contribution in [0.1, 0.15) is 15.9 Å². The number of amides is 1. The molecule has 7 heteroatoms. The molecule has 0 saturated carbocycles. The van der Waals surface area contributed by atoms with E-state index in [9.17, 15) is 18.0 Å². The Labute approximate surface area is 130 Å². The van der Waals surface area contributed by atoms with Crippen molar-refractivity contribution < 1.29 is 27.4 Å². The maximum atomic E-state index is 13.6. The van der Waals surface area contributed by atoms with Gasteiger partial charge < -0.3 is 14.8 Å². The van der Waals surface area contributed by atoms with Gasteiger partial charge >= 0.3 is 6.61 Å². The van der Waals surface area contributed by atoms with E-state index in [0.717, 1.165) is 17.7 Å². The van der Waals surface area contributed by atoms with Gasteiger partial charge in [0, 0.05) is 24.4 Å². The van der Waals surface area contributed by atoms with Gasteiger partial charge in [0.2, 0.25) is 0 Å². The van der Waals surface area contributed by atoms with Gasteiger partial charge in [-0.05, 0) is 29.8 Å². The van der Waals surface area contributed by atoms with Crippen LogP contribution in [-0.4, -0.2) is 19.6 Å². The van der Waals surface area contributed by atoms with Crippen molar-refractivity contribution in [2.75, 3.05) is 12.4 Å². The van der Waals surface area contributed by atoms with Crippen LogP contribution >= 0.6 is 0 Å². The summed E-state index contributed by atoms with van der Waals surface area (Å²) in [6, 6.07) is 9.89. The summed E-state index contributed by atoms with van der Waals surface area (Å²) in [5.41, 5.74) is 1.41. The number of anilines is 1. The zero-order valence-electron chi connectivity index (χ0n) is 12.2. The third-order valence-corrected chi connectivity index (χ3v) is 2.93. The lowest BCUT2D eigenvalue weighted by Gasteiger charge is -2.09. The Morgan fingerprint density at radius 3 is 2.43 bits per heavy atom. The smallest absolute Gasteiger partial charge is 0.387 e. The molecule has 23 heavy (non-hydrogen) atoms. The molecular weight excluding hydrogens is 311 g/mol. The fraction of sp³-hybridized carbons (Fsp3) is 0.188. The molecule has 0 saturated heterocycles. The molecule has 0 radical (unpaired) electrons. The van der Waals surface area contributed by atoms with Crippen LogP contribution in [0.5, 0.6) is 5.75 Å². The van der Waals surface area contributed by atoms with Gasteiger partial charge in [-0.3, -0.25) is 4.79 Å². The Bertz CT molecular complexity index is 675. The molecular formula is C16H14F3NO3. The minimum atomic E-state index is -3.12. The molecule has 0 aromatic heterocycles. The minimum absolute atomic E-state index is 0.134. The lowest BCUT2D eigenvalue weighted by atomic mass is 10.1. The normalized spacial score (nSPS) is 10.7. The second-order valence-electron chi connectivity index (χ2n) is 4.61. The van der Waals surface area contributed by atoms with E-state index < -0.39 is 24.1 Å². The average Bonchev–Trinajstić information content (AvgIpc) is 2.50. The highest BCUT2D eigenvalue weighted by atomic mass is 19.3. The standard InChI is InChI=1S/C16H14F3NO3/c1-22-9-10-2-4-11(5-3-10)15(21)20-12-6-7-14(13(17)8-12)23-16(18)19/h2-8,16H,9H2,1H3,(H,20,21). The summed E-state index contributed by atoms with van der Waals surface area (Å²) in [6.45, 7) is -2.69. The lowest BCUT2D eigenvalue weighted by Crippen LogP contribution is -2.12. The highest BCUT2D eigenvalue weighted by Crippen LogP contribution is 2.23. The summed E-state index contributed by atoms with van der Waals surface area (Å²) in [5, 5.41) is 2.48. The average molecular weight is 325 g/mol. The predicted octanol–water partition coefficient (Wildman–Crippen LogP) is 3.83. The molecule has 2 aromatic rings. The van der Waals surface area contributed by atoms with Crippen LogP contribution in [0, 0.1) is 5.82 Å². The summed E-state index contributed by atoms with van der Waals surface area (Å²) in [4.78, 5) is 12.0. The number of carbonyl (C=O) groups is 1. The Kier molecular flexibility index (Phi) is 5.59. The first-order valence-electron chi connectivity index (χ1n) is 6.63. The monoisotopic (exact) mass is 325 g/mol. The Balaban J connectivity index is 2.06.